The third-order valence-electron chi connectivity index (χ3n) is 8.99. The van der Waals surface area contributed by atoms with Gasteiger partial charge in [-0.25, -0.2) is 13.1 Å². The van der Waals surface area contributed by atoms with Crippen molar-refractivity contribution in [1.82, 2.24) is 14.2 Å². The van der Waals surface area contributed by atoms with Crippen LogP contribution in [0.1, 0.15) is 92.9 Å². The zero-order valence-corrected chi connectivity index (χ0v) is 25.8. The van der Waals surface area contributed by atoms with Crippen LogP contribution >= 0.6 is 0 Å². The summed E-state index contributed by atoms with van der Waals surface area (Å²) in [4.78, 5) is 14.7. The molecule has 7 nitrogen and oxygen atoms in total. The zero-order chi connectivity index (χ0) is 30.5. The van der Waals surface area contributed by atoms with Crippen LogP contribution in [0.3, 0.4) is 0 Å². The predicted octanol–water partition coefficient (Wildman–Crippen LogP) is 6.26. The first-order valence-electron chi connectivity index (χ1n) is 14.9. The van der Waals surface area contributed by atoms with E-state index in [2.05, 4.69) is 4.72 Å². The zero-order valence-electron chi connectivity index (χ0n) is 24.9. The van der Waals surface area contributed by atoms with Gasteiger partial charge in [0.15, 0.2) is 0 Å². The summed E-state index contributed by atoms with van der Waals surface area (Å²) < 4.78 is 78.6. The van der Waals surface area contributed by atoms with E-state index >= 15 is 0 Å². The number of sulfonamides is 1. The molecule has 1 amide bonds. The number of aromatic nitrogens is 1. The van der Waals surface area contributed by atoms with Gasteiger partial charge >= 0.3 is 6.18 Å². The highest BCUT2D eigenvalue weighted by molar-refractivity contribution is 7.89. The fraction of sp³-hybridized carbons (Fsp3) is 0.645. The summed E-state index contributed by atoms with van der Waals surface area (Å²) in [6, 6.07) is 3.33. The molecule has 2 saturated heterocycles. The molecular weight excluding hydrogens is 567 g/mol. The molecule has 0 atom stereocenters. The molecule has 3 heterocycles. The topological polar surface area (TPSA) is 80.6 Å². The number of hydrogen-bond donors (Lipinski definition) is 1. The predicted molar refractivity (Wildman–Crippen MR) is 154 cm³/mol. The molecule has 5 rings (SSSR count). The van der Waals surface area contributed by atoms with Gasteiger partial charge in [-0.15, -0.1) is 0 Å². The molecule has 1 aromatic carbocycles. The fourth-order valence-corrected chi connectivity index (χ4v) is 8.41. The second-order valence-corrected chi connectivity index (χ2v) is 15.2. The Morgan fingerprint density at radius 2 is 1.71 bits per heavy atom. The summed E-state index contributed by atoms with van der Waals surface area (Å²) in [7, 11) is -4.45. The number of nitrogens with zero attached hydrogens (tertiary/aromatic N) is 2. The van der Waals surface area contributed by atoms with Crippen LogP contribution in [0.25, 0.3) is 5.69 Å². The molecule has 1 spiro atoms. The molecule has 3 aliphatic rings. The first-order valence-corrected chi connectivity index (χ1v) is 16.4. The average Bonchev–Trinajstić information content (AvgIpc) is 3.21. The standard InChI is InChI=1S/C31H42F3N3O4S/c1-21-24(28(38)36-19-30(20-36)12-14-41-15-13-30)18-37(26(21)16-22-8-6-5-7-9-22)23-10-11-27(25(17-23)31(32,33)34)42(39,40)35-29(2,3)4/h10-11,17-18,22,35H,5-9,12-16,19-20H2,1-4H3. The number of amides is 1. The van der Waals surface area contributed by atoms with Crippen molar-refractivity contribution < 1.29 is 31.1 Å². The molecule has 2 aliphatic heterocycles. The molecule has 3 fully saturated rings. The van der Waals surface area contributed by atoms with E-state index in [0.717, 1.165) is 61.9 Å². The van der Waals surface area contributed by atoms with Crippen LogP contribution in [0.5, 0.6) is 0 Å². The molecule has 2 aromatic rings. The number of carbonyl (C=O) groups is 1. The first kappa shape index (κ1) is 31.1. The lowest BCUT2D eigenvalue weighted by atomic mass is 9.73. The Morgan fingerprint density at radius 3 is 2.31 bits per heavy atom. The molecule has 1 saturated carbocycles. The Labute approximate surface area is 246 Å². The van der Waals surface area contributed by atoms with Crippen LogP contribution in [-0.2, 0) is 27.4 Å². The van der Waals surface area contributed by atoms with E-state index in [0.29, 0.717) is 44.2 Å². The maximum atomic E-state index is 14.4. The Bertz CT molecular complexity index is 1420. The summed E-state index contributed by atoms with van der Waals surface area (Å²) in [5, 5.41) is 0. The lowest BCUT2D eigenvalue weighted by Gasteiger charge is -2.52. The number of rotatable bonds is 6. The Hall–Kier alpha value is -2.37. The molecule has 42 heavy (non-hydrogen) atoms. The Balaban J connectivity index is 1.54. The van der Waals surface area contributed by atoms with Crippen LogP contribution in [0.4, 0.5) is 13.2 Å². The van der Waals surface area contributed by atoms with E-state index in [9.17, 15) is 26.4 Å². The van der Waals surface area contributed by atoms with Gasteiger partial charge in [-0.1, -0.05) is 32.1 Å². The van der Waals surface area contributed by atoms with E-state index in [-0.39, 0.29) is 17.0 Å². The maximum absolute atomic E-state index is 14.4. The summed E-state index contributed by atoms with van der Waals surface area (Å²) >= 11 is 0. The van der Waals surface area contributed by atoms with Crippen LogP contribution in [-0.4, -0.2) is 55.6 Å². The molecule has 11 heteroatoms. The number of benzene rings is 1. The van der Waals surface area contributed by atoms with E-state index in [1.54, 1.807) is 31.5 Å². The van der Waals surface area contributed by atoms with Crippen molar-refractivity contribution in [2.45, 2.75) is 95.7 Å². The lowest BCUT2D eigenvalue weighted by molar-refractivity contribution is -0.139. The maximum Gasteiger partial charge on any atom is 0.417 e. The van der Waals surface area contributed by atoms with E-state index in [4.69, 9.17) is 4.74 Å². The normalized spacial score (nSPS) is 20.1. The highest BCUT2D eigenvalue weighted by Gasteiger charge is 2.46. The minimum atomic E-state index is -4.90. The van der Waals surface area contributed by atoms with Crippen LogP contribution in [0, 0.1) is 18.3 Å². The van der Waals surface area contributed by atoms with Crippen molar-refractivity contribution >= 4 is 15.9 Å². The molecule has 1 N–H and O–H groups in total. The van der Waals surface area contributed by atoms with Crippen molar-refractivity contribution in [3.8, 4) is 5.69 Å². The summed E-state index contributed by atoms with van der Waals surface area (Å²) in [6.45, 7) is 9.31. The SMILES string of the molecule is Cc1c(C(=O)N2CC3(CCOCC3)C2)cn(-c2ccc(S(=O)(=O)NC(C)(C)C)c(C(F)(F)F)c2)c1CC1CCCCC1. The van der Waals surface area contributed by atoms with Gasteiger partial charge in [0.25, 0.3) is 5.91 Å². The molecule has 1 aromatic heterocycles. The monoisotopic (exact) mass is 609 g/mol. The number of ether oxygens (including phenoxy) is 1. The van der Waals surface area contributed by atoms with Gasteiger partial charge in [0.2, 0.25) is 10.0 Å². The van der Waals surface area contributed by atoms with Crippen molar-refractivity contribution in [2.24, 2.45) is 11.3 Å². The second-order valence-electron chi connectivity index (χ2n) is 13.5. The van der Waals surface area contributed by atoms with Gasteiger partial charge in [0.05, 0.1) is 16.0 Å². The number of nitrogens with one attached hydrogen (secondary N) is 1. The van der Waals surface area contributed by atoms with E-state index in [1.807, 2.05) is 11.8 Å². The molecule has 0 bridgehead atoms. The van der Waals surface area contributed by atoms with Crippen molar-refractivity contribution in [2.75, 3.05) is 26.3 Å². The third-order valence-corrected chi connectivity index (χ3v) is 10.8. The molecule has 0 radical (unpaired) electrons. The molecule has 1 aliphatic carbocycles. The largest absolute Gasteiger partial charge is 0.417 e. The van der Waals surface area contributed by atoms with E-state index < -0.39 is 32.2 Å². The van der Waals surface area contributed by atoms with Crippen molar-refractivity contribution in [1.29, 1.82) is 0 Å². The Morgan fingerprint density at radius 1 is 1.07 bits per heavy atom. The quantitative estimate of drug-likeness (QED) is 0.420. The number of carbonyl (C=O) groups excluding carboxylic acids is 1. The van der Waals surface area contributed by atoms with E-state index in [1.165, 1.54) is 12.5 Å². The molecular formula is C31H42F3N3O4S. The number of alkyl halides is 3. The van der Waals surface area contributed by atoms with Gasteiger partial charge in [0, 0.05) is 54.8 Å². The lowest BCUT2D eigenvalue weighted by Crippen LogP contribution is -2.60. The van der Waals surface area contributed by atoms with Crippen molar-refractivity contribution in [3.05, 3.63) is 46.8 Å². The minimum Gasteiger partial charge on any atom is -0.381 e. The number of hydrogen-bond acceptors (Lipinski definition) is 4. The Kier molecular flexibility index (Phi) is 8.35. The summed E-state index contributed by atoms with van der Waals surface area (Å²) in [5.74, 6) is 0.263. The highest BCUT2D eigenvalue weighted by atomic mass is 32.2. The van der Waals surface area contributed by atoms with Gasteiger partial charge < -0.3 is 14.2 Å². The van der Waals surface area contributed by atoms with Gasteiger partial charge in [-0.3, -0.25) is 4.79 Å². The smallest absolute Gasteiger partial charge is 0.381 e. The van der Waals surface area contributed by atoms with Gasteiger partial charge in [-0.05, 0) is 76.6 Å². The third kappa shape index (κ3) is 6.43. The number of halogens is 3. The minimum absolute atomic E-state index is 0.0966. The number of likely N-dealkylation sites (tertiary alicyclic amines) is 1. The first-order chi connectivity index (χ1) is 19.6. The molecule has 232 valence electrons. The van der Waals surface area contributed by atoms with Crippen LogP contribution in [0.15, 0.2) is 29.3 Å². The summed E-state index contributed by atoms with van der Waals surface area (Å²) in [5.41, 5.74) is 0.168. The molecule has 0 unspecified atom stereocenters. The van der Waals surface area contributed by atoms with Crippen LogP contribution < -0.4 is 4.72 Å². The van der Waals surface area contributed by atoms with Crippen LogP contribution in [0.2, 0.25) is 0 Å². The fourth-order valence-electron chi connectivity index (χ4n) is 6.78. The summed E-state index contributed by atoms with van der Waals surface area (Å²) in [6.07, 6.45) is 4.71. The van der Waals surface area contributed by atoms with Gasteiger partial charge in [0.1, 0.15) is 0 Å². The highest BCUT2D eigenvalue weighted by Crippen LogP contribution is 2.42. The van der Waals surface area contributed by atoms with Gasteiger partial charge in [-0.2, -0.15) is 13.2 Å². The average molecular weight is 610 g/mol. The second kappa shape index (κ2) is 11.3. The van der Waals surface area contributed by atoms with Crippen molar-refractivity contribution in [3.63, 3.8) is 0 Å².